The summed E-state index contributed by atoms with van der Waals surface area (Å²) in [6.45, 7) is 4.70. The van der Waals surface area contributed by atoms with E-state index in [1.807, 2.05) is 0 Å². The zero-order valence-electron chi connectivity index (χ0n) is 12.8. The van der Waals surface area contributed by atoms with Crippen molar-refractivity contribution in [1.29, 1.82) is 0 Å². The standard InChI is InChI=1S/C15H20BrN3O3/c1-10-7-15(9-22-10)3-5-19(6-4-15)13-12(14(20)21-2)18-11(16)8-17-13/h8,10H,3-7,9H2,1-2H3/t10-/m0/s1. The van der Waals surface area contributed by atoms with Crippen LogP contribution in [0.1, 0.15) is 36.7 Å². The van der Waals surface area contributed by atoms with Crippen molar-refractivity contribution < 1.29 is 14.3 Å². The second kappa shape index (κ2) is 6.12. The Balaban J connectivity index is 1.78. The van der Waals surface area contributed by atoms with Gasteiger partial charge >= 0.3 is 5.97 Å². The molecular formula is C15H20BrN3O3. The summed E-state index contributed by atoms with van der Waals surface area (Å²) in [6.07, 6.45) is 5.19. The van der Waals surface area contributed by atoms with E-state index in [4.69, 9.17) is 9.47 Å². The number of carbonyl (C=O) groups excluding carboxylic acids is 1. The van der Waals surface area contributed by atoms with Gasteiger partial charge in [-0.25, -0.2) is 14.8 Å². The van der Waals surface area contributed by atoms with E-state index in [2.05, 4.69) is 37.7 Å². The average Bonchev–Trinajstić information content (AvgIpc) is 2.88. The van der Waals surface area contributed by atoms with Crippen LogP contribution in [0.5, 0.6) is 0 Å². The fourth-order valence-electron chi connectivity index (χ4n) is 3.41. The number of hydrogen-bond donors (Lipinski definition) is 0. The Morgan fingerprint density at radius 2 is 2.23 bits per heavy atom. The minimum atomic E-state index is -0.457. The molecule has 0 N–H and O–H groups in total. The highest BCUT2D eigenvalue weighted by Crippen LogP contribution is 2.42. The van der Waals surface area contributed by atoms with Crippen LogP contribution in [0.15, 0.2) is 10.8 Å². The molecule has 1 spiro atoms. The molecule has 1 atom stereocenters. The van der Waals surface area contributed by atoms with E-state index in [0.29, 0.717) is 21.9 Å². The number of halogens is 1. The van der Waals surface area contributed by atoms with Crippen LogP contribution in [0.3, 0.4) is 0 Å². The van der Waals surface area contributed by atoms with Gasteiger partial charge in [0.05, 0.1) is 26.0 Å². The molecule has 3 rings (SSSR count). The van der Waals surface area contributed by atoms with Crippen LogP contribution in [0.4, 0.5) is 5.82 Å². The van der Waals surface area contributed by atoms with Crippen molar-refractivity contribution in [2.75, 3.05) is 31.7 Å². The van der Waals surface area contributed by atoms with Crippen LogP contribution in [0.25, 0.3) is 0 Å². The fourth-order valence-corrected chi connectivity index (χ4v) is 3.69. The molecule has 0 aromatic carbocycles. The Bertz CT molecular complexity index is 573. The first kappa shape index (κ1) is 15.7. The number of methoxy groups -OCH3 is 1. The first-order valence-electron chi connectivity index (χ1n) is 7.50. The molecule has 2 aliphatic heterocycles. The number of aromatic nitrogens is 2. The highest BCUT2D eigenvalue weighted by atomic mass is 79.9. The molecule has 0 aliphatic carbocycles. The van der Waals surface area contributed by atoms with Gasteiger partial charge < -0.3 is 14.4 Å². The van der Waals surface area contributed by atoms with Crippen molar-refractivity contribution in [3.8, 4) is 0 Å². The Hall–Kier alpha value is -1.21. The first-order valence-corrected chi connectivity index (χ1v) is 8.30. The molecule has 7 heteroatoms. The molecule has 1 aromatic rings. The minimum absolute atomic E-state index is 0.267. The van der Waals surface area contributed by atoms with E-state index in [9.17, 15) is 4.79 Å². The lowest BCUT2D eigenvalue weighted by Gasteiger charge is -2.39. The molecule has 0 amide bonds. The topological polar surface area (TPSA) is 64.5 Å². The highest BCUT2D eigenvalue weighted by molar-refractivity contribution is 9.10. The van der Waals surface area contributed by atoms with Crippen molar-refractivity contribution in [3.05, 3.63) is 16.5 Å². The van der Waals surface area contributed by atoms with Gasteiger partial charge in [-0.1, -0.05) is 0 Å². The van der Waals surface area contributed by atoms with Crippen LogP contribution < -0.4 is 4.90 Å². The van der Waals surface area contributed by atoms with Gasteiger partial charge in [-0.2, -0.15) is 0 Å². The summed E-state index contributed by atoms with van der Waals surface area (Å²) in [5.74, 6) is 0.152. The number of piperidine rings is 1. The lowest BCUT2D eigenvalue weighted by molar-refractivity contribution is 0.0593. The maximum atomic E-state index is 11.9. The summed E-state index contributed by atoms with van der Waals surface area (Å²) in [5, 5.41) is 0. The van der Waals surface area contributed by atoms with Crippen molar-refractivity contribution in [2.24, 2.45) is 5.41 Å². The number of ether oxygens (including phenoxy) is 2. The second-order valence-corrected chi connectivity index (χ2v) is 6.98. The number of carbonyl (C=O) groups is 1. The molecule has 0 unspecified atom stereocenters. The van der Waals surface area contributed by atoms with E-state index in [-0.39, 0.29) is 5.69 Å². The summed E-state index contributed by atoms with van der Waals surface area (Å²) >= 11 is 3.26. The van der Waals surface area contributed by atoms with Crippen LogP contribution in [0, 0.1) is 5.41 Å². The smallest absolute Gasteiger partial charge is 0.360 e. The van der Waals surface area contributed by atoms with Gasteiger partial charge in [0.2, 0.25) is 0 Å². The molecule has 6 nitrogen and oxygen atoms in total. The van der Waals surface area contributed by atoms with Gasteiger partial charge in [-0.05, 0) is 47.5 Å². The van der Waals surface area contributed by atoms with Gasteiger partial charge in [0, 0.05) is 13.1 Å². The largest absolute Gasteiger partial charge is 0.464 e. The van der Waals surface area contributed by atoms with Gasteiger partial charge in [0.15, 0.2) is 11.5 Å². The summed E-state index contributed by atoms with van der Waals surface area (Å²) in [7, 11) is 1.36. The van der Waals surface area contributed by atoms with Crippen LogP contribution >= 0.6 is 15.9 Å². The van der Waals surface area contributed by atoms with Gasteiger partial charge in [0.1, 0.15) is 4.60 Å². The third kappa shape index (κ3) is 2.96. The number of rotatable bonds is 2. The molecule has 0 saturated carbocycles. The van der Waals surface area contributed by atoms with Gasteiger partial charge in [-0.15, -0.1) is 0 Å². The minimum Gasteiger partial charge on any atom is -0.464 e. The van der Waals surface area contributed by atoms with E-state index in [1.54, 1.807) is 6.20 Å². The van der Waals surface area contributed by atoms with E-state index in [1.165, 1.54) is 7.11 Å². The number of hydrogen-bond acceptors (Lipinski definition) is 6. The zero-order chi connectivity index (χ0) is 15.7. The molecule has 0 bridgehead atoms. The molecule has 2 saturated heterocycles. The molecule has 2 aliphatic rings. The van der Waals surface area contributed by atoms with E-state index in [0.717, 1.165) is 39.0 Å². The van der Waals surface area contributed by atoms with Crippen molar-refractivity contribution in [1.82, 2.24) is 9.97 Å². The van der Waals surface area contributed by atoms with Crippen LogP contribution in [-0.4, -0.2) is 48.8 Å². The average molecular weight is 370 g/mol. The molecular weight excluding hydrogens is 350 g/mol. The molecule has 3 heterocycles. The number of anilines is 1. The fraction of sp³-hybridized carbons (Fsp3) is 0.667. The predicted molar refractivity (Wildman–Crippen MR) is 85.0 cm³/mol. The summed E-state index contributed by atoms with van der Waals surface area (Å²) in [4.78, 5) is 22.7. The number of esters is 1. The van der Waals surface area contributed by atoms with Crippen molar-refractivity contribution >= 4 is 27.7 Å². The molecule has 2 fully saturated rings. The normalized spacial score (nSPS) is 23.8. The Morgan fingerprint density at radius 1 is 1.50 bits per heavy atom. The van der Waals surface area contributed by atoms with Crippen LogP contribution in [-0.2, 0) is 9.47 Å². The molecule has 22 heavy (non-hydrogen) atoms. The third-order valence-electron chi connectivity index (χ3n) is 4.62. The highest BCUT2D eigenvalue weighted by Gasteiger charge is 2.41. The SMILES string of the molecule is COC(=O)c1nc(Br)cnc1N1CCC2(CC1)CO[C@@H](C)C2. The molecule has 0 radical (unpaired) electrons. The monoisotopic (exact) mass is 369 g/mol. The summed E-state index contributed by atoms with van der Waals surface area (Å²) < 4.78 is 11.1. The Morgan fingerprint density at radius 3 is 2.82 bits per heavy atom. The van der Waals surface area contributed by atoms with Gasteiger partial charge in [0.25, 0.3) is 0 Å². The Labute approximate surface area is 138 Å². The Kier molecular flexibility index (Phi) is 4.36. The van der Waals surface area contributed by atoms with Gasteiger partial charge in [-0.3, -0.25) is 0 Å². The zero-order valence-corrected chi connectivity index (χ0v) is 14.4. The second-order valence-electron chi connectivity index (χ2n) is 6.17. The summed E-state index contributed by atoms with van der Waals surface area (Å²) in [5.41, 5.74) is 0.563. The summed E-state index contributed by atoms with van der Waals surface area (Å²) in [6, 6.07) is 0. The maximum Gasteiger partial charge on any atom is 0.360 e. The van der Waals surface area contributed by atoms with E-state index >= 15 is 0 Å². The van der Waals surface area contributed by atoms with Crippen molar-refractivity contribution in [2.45, 2.75) is 32.3 Å². The van der Waals surface area contributed by atoms with E-state index < -0.39 is 5.97 Å². The number of nitrogens with zero attached hydrogens (tertiary/aromatic N) is 3. The van der Waals surface area contributed by atoms with Crippen LogP contribution in [0.2, 0.25) is 0 Å². The quantitative estimate of drug-likeness (QED) is 0.745. The lowest BCUT2D eigenvalue weighted by Crippen LogP contribution is -2.41. The first-order chi connectivity index (χ1) is 10.5. The molecule has 120 valence electrons. The van der Waals surface area contributed by atoms with Crippen molar-refractivity contribution in [3.63, 3.8) is 0 Å². The third-order valence-corrected chi connectivity index (χ3v) is 5.00. The maximum absolute atomic E-state index is 11.9. The predicted octanol–water partition coefficient (Wildman–Crippen LogP) is 2.42. The lowest BCUT2D eigenvalue weighted by atomic mass is 9.77. The molecule has 1 aromatic heterocycles.